The van der Waals surface area contributed by atoms with Crippen molar-refractivity contribution in [3.63, 3.8) is 0 Å². The maximum Gasteiger partial charge on any atom is 0.341 e. The number of carbonyl (C=O) groups is 1. The quantitative estimate of drug-likeness (QED) is 0.664. The van der Waals surface area contributed by atoms with E-state index in [2.05, 4.69) is 5.32 Å². The molecule has 0 spiro atoms. The molecule has 2 N–H and O–H groups in total. The molecule has 0 amide bonds. The molecule has 1 aromatic heterocycles. The molecule has 1 aliphatic carbocycles. The first-order chi connectivity index (χ1) is 14.0. The highest BCUT2D eigenvalue weighted by molar-refractivity contribution is 5.97. The summed E-state index contributed by atoms with van der Waals surface area (Å²) in [7, 11) is 1.48. The van der Waals surface area contributed by atoms with Gasteiger partial charge in [0.05, 0.1) is 18.0 Å². The molecule has 9 heteroatoms. The summed E-state index contributed by atoms with van der Waals surface area (Å²) in [5, 5.41) is 13.0. The van der Waals surface area contributed by atoms with Gasteiger partial charge >= 0.3 is 5.97 Å². The number of methoxy groups -OCH3 is 1. The van der Waals surface area contributed by atoms with E-state index in [0.29, 0.717) is 35.5 Å². The lowest BCUT2D eigenvalue weighted by Gasteiger charge is -2.25. The SMILES string of the molecule is COc1c(N2C[C@@H]3CCCN[C@@H]3C2)c(F)cc2c(=O)c(C(=O)O)cn(C3CC3)c12.[Cl-]. The molecule has 3 heterocycles. The summed E-state index contributed by atoms with van der Waals surface area (Å²) in [4.78, 5) is 26.4. The van der Waals surface area contributed by atoms with E-state index in [1.54, 1.807) is 4.57 Å². The van der Waals surface area contributed by atoms with Crippen molar-refractivity contribution >= 4 is 22.6 Å². The molecular formula is C21H24ClFN3O4-. The van der Waals surface area contributed by atoms with E-state index in [9.17, 15) is 14.7 Å². The van der Waals surface area contributed by atoms with Gasteiger partial charge in [-0.15, -0.1) is 0 Å². The largest absolute Gasteiger partial charge is 1.00 e. The molecule has 2 aromatic rings. The highest BCUT2D eigenvalue weighted by Crippen LogP contribution is 2.45. The van der Waals surface area contributed by atoms with Crippen molar-refractivity contribution in [3.05, 3.63) is 33.9 Å². The minimum Gasteiger partial charge on any atom is -1.00 e. The third-order valence-electron chi connectivity index (χ3n) is 6.49. The number of carboxylic acids is 1. The number of aromatic carboxylic acids is 1. The van der Waals surface area contributed by atoms with Crippen LogP contribution in [0.5, 0.6) is 5.75 Å². The molecule has 0 bridgehead atoms. The first-order valence-corrected chi connectivity index (χ1v) is 10.2. The maximum absolute atomic E-state index is 15.3. The highest BCUT2D eigenvalue weighted by Gasteiger charge is 2.38. The van der Waals surface area contributed by atoms with E-state index >= 15 is 4.39 Å². The topological polar surface area (TPSA) is 83.8 Å². The number of halogens is 2. The molecule has 1 aromatic carbocycles. The Kier molecular flexibility index (Phi) is 5.40. The van der Waals surface area contributed by atoms with Gasteiger partial charge in [-0.05, 0) is 44.2 Å². The summed E-state index contributed by atoms with van der Waals surface area (Å²) in [5.41, 5.74) is -0.155. The summed E-state index contributed by atoms with van der Waals surface area (Å²) in [5.74, 6) is -1.07. The molecule has 0 unspecified atom stereocenters. The Hall–Kier alpha value is -2.32. The van der Waals surface area contributed by atoms with Crippen molar-refractivity contribution < 1.29 is 31.4 Å². The standard InChI is InChI=1S/C21H24FN3O4.ClH/c1-29-20-17-13(19(26)14(21(27)28)9-25(17)12-4-5-12)7-15(22)18(20)24-8-11-3-2-6-23-16(11)10-24;/h7,9,11-12,16,23H,2-6,8,10H2,1H3,(H,27,28);1H/p-1/t11-,16+;/m0./s1. The molecule has 7 nitrogen and oxygen atoms in total. The first kappa shape index (κ1) is 20.9. The lowest BCUT2D eigenvalue weighted by molar-refractivity contribution is -0.0000223. The van der Waals surface area contributed by atoms with E-state index in [-0.39, 0.29) is 29.4 Å². The van der Waals surface area contributed by atoms with Gasteiger partial charge in [-0.25, -0.2) is 9.18 Å². The van der Waals surface area contributed by atoms with E-state index in [1.165, 1.54) is 19.4 Å². The fraction of sp³-hybridized carbons (Fsp3) is 0.524. The number of pyridine rings is 1. The summed E-state index contributed by atoms with van der Waals surface area (Å²) >= 11 is 0. The molecule has 2 atom stereocenters. The van der Waals surface area contributed by atoms with Crippen LogP contribution in [0.25, 0.3) is 10.9 Å². The van der Waals surface area contributed by atoms with Gasteiger partial charge in [0, 0.05) is 31.4 Å². The number of hydrogen-bond donors (Lipinski definition) is 2. The minimum absolute atomic E-state index is 0. The number of nitrogens with one attached hydrogen (secondary N) is 1. The van der Waals surface area contributed by atoms with Crippen LogP contribution in [0.15, 0.2) is 17.1 Å². The Balaban J connectivity index is 0.00000218. The molecule has 30 heavy (non-hydrogen) atoms. The average Bonchev–Trinajstić information content (AvgIpc) is 3.45. The Labute approximate surface area is 179 Å². The van der Waals surface area contributed by atoms with Crippen LogP contribution in [0.2, 0.25) is 0 Å². The van der Waals surface area contributed by atoms with Crippen LogP contribution < -0.4 is 32.8 Å². The number of aromatic nitrogens is 1. The van der Waals surface area contributed by atoms with Crippen molar-refractivity contribution in [2.45, 2.75) is 37.8 Å². The summed E-state index contributed by atoms with van der Waals surface area (Å²) < 4.78 is 22.8. The number of piperidine rings is 1. The first-order valence-electron chi connectivity index (χ1n) is 10.2. The van der Waals surface area contributed by atoms with E-state index in [1.807, 2.05) is 4.90 Å². The van der Waals surface area contributed by atoms with E-state index in [0.717, 1.165) is 38.8 Å². The summed E-state index contributed by atoms with van der Waals surface area (Å²) in [6.07, 6.45) is 5.40. The number of anilines is 1. The van der Waals surface area contributed by atoms with Crippen LogP contribution in [-0.2, 0) is 0 Å². The van der Waals surface area contributed by atoms with Gasteiger partial charge in [0.2, 0.25) is 5.43 Å². The number of hydrogen-bond acceptors (Lipinski definition) is 5. The molecular weight excluding hydrogens is 413 g/mol. The van der Waals surface area contributed by atoms with Crippen LogP contribution in [0.4, 0.5) is 10.1 Å². The van der Waals surface area contributed by atoms with Crippen molar-refractivity contribution in [2.24, 2.45) is 5.92 Å². The van der Waals surface area contributed by atoms with Crippen LogP contribution in [0.1, 0.15) is 42.1 Å². The third-order valence-corrected chi connectivity index (χ3v) is 6.49. The smallest absolute Gasteiger partial charge is 0.341 e. The van der Waals surface area contributed by atoms with Crippen molar-refractivity contribution in [1.82, 2.24) is 9.88 Å². The predicted molar refractivity (Wildman–Crippen MR) is 107 cm³/mol. The van der Waals surface area contributed by atoms with Crippen molar-refractivity contribution in [3.8, 4) is 5.75 Å². The molecule has 3 aliphatic rings. The molecule has 3 fully saturated rings. The zero-order valence-corrected chi connectivity index (χ0v) is 17.4. The molecule has 1 saturated carbocycles. The van der Waals surface area contributed by atoms with E-state index in [4.69, 9.17) is 4.74 Å². The molecule has 5 rings (SSSR count). The van der Waals surface area contributed by atoms with Crippen LogP contribution in [0, 0.1) is 11.7 Å². The van der Waals surface area contributed by atoms with E-state index < -0.39 is 17.2 Å². The Morgan fingerprint density at radius 1 is 1.30 bits per heavy atom. The lowest BCUT2D eigenvalue weighted by Crippen LogP contribution is -3.00. The average molecular weight is 437 g/mol. The number of ether oxygens (including phenoxy) is 1. The number of carboxylic acid groups (broad SMARTS) is 1. The summed E-state index contributed by atoms with van der Waals surface area (Å²) in [6.45, 7) is 2.40. The van der Waals surface area contributed by atoms with Crippen molar-refractivity contribution in [2.75, 3.05) is 31.6 Å². The zero-order chi connectivity index (χ0) is 20.3. The molecule has 0 radical (unpaired) electrons. The predicted octanol–water partition coefficient (Wildman–Crippen LogP) is -0.625. The molecule has 2 aliphatic heterocycles. The van der Waals surface area contributed by atoms with Gasteiger partial charge in [0.25, 0.3) is 0 Å². The molecule has 2 saturated heterocycles. The normalized spacial score (nSPS) is 23.2. The monoisotopic (exact) mass is 436 g/mol. The molecule has 162 valence electrons. The van der Waals surface area contributed by atoms with Crippen LogP contribution >= 0.6 is 0 Å². The second-order valence-corrected chi connectivity index (χ2v) is 8.32. The maximum atomic E-state index is 15.3. The number of nitrogens with zero attached hydrogens (tertiary/aromatic N) is 2. The number of rotatable bonds is 4. The Morgan fingerprint density at radius 2 is 2.07 bits per heavy atom. The highest BCUT2D eigenvalue weighted by atomic mass is 35.5. The Bertz CT molecular complexity index is 1050. The number of benzene rings is 1. The fourth-order valence-corrected chi connectivity index (χ4v) is 4.95. The second kappa shape index (κ2) is 7.74. The minimum atomic E-state index is -1.30. The lowest BCUT2D eigenvalue weighted by atomic mass is 9.94. The number of fused-ring (bicyclic) bond motifs is 2. The van der Waals surface area contributed by atoms with Gasteiger partial charge in [-0.3, -0.25) is 4.79 Å². The fourth-order valence-electron chi connectivity index (χ4n) is 4.95. The van der Waals surface area contributed by atoms with Gasteiger partial charge in [-0.2, -0.15) is 0 Å². The zero-order valence-electron chi connectivity index (χ0n) is 16.7. The van der Waals surface area contributed by atoms with Gasteiger partial charge in [-0.1, -0.05) is 0 Å². The second-order valence-electron chi connectivity index (χ2n) is 8.32. The third kappa shape index (κ3) is 3.22. The van der Waals surface area contributed by atoms with Crippen molar-refractivity contribution in [1.29, 1.82) is 0 Å². The van der Waals surface area contributed by atoms with Gasteiger partial charge in [0.1, 0.15) is 11.3 Å². The van der Waals surface area contributed by atoms with Crippen LogP contribution in [0.3, 0.4) is 0 Å². The summed E-state index contributed by atoms with van der Waals surface area (Å²) in [6, 6.07) is 1.62. The van der Waals surface area contributed by atoms with Gasteiger partial charge < -0.3 is 37.0 Å². The Morgan fingerprint density at radius 3 is 2.70 bits per heavy atom. The van der Waals surface area contributed by atoms with Gasteiger partial charge in [0.15, 0.2) is 11.6 Å². The van der Waals surface area contributed by atoms with Crippen LogP contribution in [-0.4, -0.2) is 48.4 Å².